The molecule has 0 heterocycles. The number of anilines is 1. The van der Waals surface area contributed by atoms with Crippen LogP contribution in [0.5, 0.6) is 0 Å². The molecule has 0 unspecified atom stereocenters. The van der Waals surface area contributed by atoms with E-state index in [0.717, 1.165) is 11.3 Å². The number of rotatable bonds is 6. The third-order valence-electron chi connectivity index (χ3n) is 2.69. The molecule has 0 spiro atoms. The molecule has 3 N–H and O–H groups in total. The molecular weight excluding hydrogens is 219 g/mol. The van der Waals surface area contributed by atoms with Crippen LogP contribution in [-0.2, 0) is 6.54 Å². The summed E-state index contributed by atoms with van der Waals surface area (Å²) in [6, 6.07) is 5.12. The fourth-order valence-electron chi connectivity index (χ4n) is 1.84. The van der Waals surface area contributed by atoms with E-state index in [1.54, 1.807) is 0 Å². The maximum absolute atomic E-state index is 13.4. The number of hydrogen-bond donors (Lipinski definition) is 2. The summed E-state index contributed by atoms with van der Waals surface area (Å²) in [5, 5.41) is 8.88. The Hall–Kier alpha value is -1.13. The van der Waals surface area contributed by atoms with Gasteiger partial charge in [-0.3, -0.25) is 0 Å². The Morgan fingerprint density at radius 2 is 2.06 bits per heavy atom. The van der Waals surface area contributed by atoms with Crippen molar-refractivity contribution in [2.24, 2.45) is 5.73 Å². The molecule has 96 valence electrons. The minimum Gasteiger partial charge on any atom is -0.396 e. The molecule has 0 bridgehead atoms. The number of benzene rings is 1. The maximum atomic E-state index is 13.4. The van der Waals surface area contributed by atoms with Gasteiger partial charge in [-0.1, -0.05) is 0 Å². The molecule has 1 aromatic rings. The molecule has 0 amide bonds. The minimum atomic E-state index is -0.266. The highest BCUT2D eigenvalue weighted by Crippen LogP contribution is 2.21. The fourth-order valence-corrected chi connectivity index (χ4v) is 1.84. The summed E-state index contributed by atoms with van der Waals surface area (Å²) in [5.74, 6) is -0.266. The Morgan fingerprint density at radius 1 is 1.35 bits per heavy atom. The predicted molar refractivity (Wildman–Crippen MR) is 68.5 cm³/mol. The van der Waals surface area contributed by atoms with Crippen molar-refractivity contribution in [1.82, 2.24) is 0 Å². The van der Waals surface area contributed by atoms with E-state index < -0.39 is 0 Å². The Labute approximate surface area is 102 Å². The number of nitrogens with two attached hydrogens (primary N) is 1. The van der Waals surface area contributed by atoms with Crippen LogP contribution in [0.2, 0.25) is 0 Å². The minimum absolute atomic E-state index is 0.141. The summed E-state index contributed by atoms with van der Waals surface area (Å²) in [6.45, 7) is 5.27. The molecule has 0 radical (unpaired) electrons. The molecule has 1 rings (SSSR count). The monoisotopic (exact) mass is 240 g/mol. The highest BCUT2D eigenvalue weighted by atomic mass is 19.1. The van der Waals surface area contributed by atoms with E-state index in [1.165, 1.54) is 12.1 Å². The van der Waals surface area contributed by atoms with Crippen molar-refractivity contribution < 1.29 is 9.50 Å². The van der Waals surface area contributed by atoms with Crippen LogP contribution in [0.1, 0.15) is 25.8 Å². The Kier molecular flexibility index (Phi) is 5.38. The molecule has 0 fully saturated rings. The molecule has 0 aliphatic heterocycles. The van der Waals surface area contributed by atoms with E-state index >= 15 is 0 Å². The van der Waals surface area contributed by atoms with Crippen LogP contribution >= 0.6 is 0 Å². The quantitative estimate of drug-likeness (QED) is 0.798. The van der Waals surface area contributed by atoms with Gasteiger partial charge in [0.15, 0.2) is 0 Å². The zero-order chi connectivity index (χ0) is 12.8. The molecule has 0 saturated heterocycles. The molecule has 0 aliphatic rings. The van der Waals surface area contributed by atoms with Gasteiger partial charge in [0.2, 0.25) is 0 Å². The van der Waals surface area contributed by atoms with Gasteiger partial charge in [0, 0.05) is 31.4 Å². The Balaban J connectivity index is 2.96. The van der Waals surface area contributed by atoms with Crippen molar-refractivity contribution in [3.05, 3.63) is 29.6 Å². The fraction of sp³-hybridized carbons (Fsp3) is 0.538. The van der Waals surface area contributed by atoms with E-state index in [-0.39, 0.29) is 18.5 Å². The van der Waals surface area contributed by atoms with Gasteiger partial charge in [-0.15, -0.1) is 0 Å². The summed E-state index contributed by atoms with van der Waals surface area (Å²) in [6.07, 6.45) is 0.673. The van der Waals surface area contributed by atoms with Crippen molar-refractivity contribution in [2.75, 3.05) is 18.1 Å². The van der Waals surface area contributed by atoms with Gasteiger partial charge in [0.1, 0.15) is 5.82 Å². The first kappa shape index (κ1) is 13.9. The first-order chi connectivity index (χ1) is 8.08. The second kappa shape index (κ2) is 6.57. The lowest BCUT2D eigenvalue weighted by molar-refractivity contribution is 0.288. The summed E-state index contributed by atoms with van der Waals surface area (Å²) in [5.41, 5.74) is 7.15. The van der Waals surface area contributed by atoms with Crippen LogP contribution in [0.3, 0.4) is 0 Å². The summed E-state index contributed by atoms with van der Waals surface area (Å²) in [7, 11) is 0. The number of aliphatic hydroxyl groups is 1. The van der Waals surface area contributed by atoms with Crippen molar-refractivity contribution in [3.63, 3.8) is 0 Å². The first-order valence-electron chi connectivity index (χ1n) is 5.95. The zero-order valence-corrected chi connectivity index (χ0v) is 10.5. The van der Waals surface area contributed by atoms with Gasteiger partial charge in [-0.2, -0.15) is 0 Å². The zero-order valence-electron chi connectivity index (χ0n) is 10.5. The van der Waals surface area contributed by atoms with Gasteiger partial charge in [0.25, 0.3) is 0 Å². The highest BCUT2D eigenvalue weighted by molar-refractivity contribution is 5.49. The predicted octanol–water partition coefficient (Wildman–Crippen LogP) is 1.88. The second-order valence-electron chi connectivity index (χ2n) is 4.39. The lowest BCUT2D eigenvalue weighted by atomic mass is 10.1. The van der Waals surface area contributed by atoms with Crippen molar-refractivity contribution in [2.45, 2.75) is 32.9 Å². The molecule has 0 aromatic heterocycles. The third kappa shape index (κ3) is 3.98. The van der Waals surface area contributed by atoms with Gasteiger partial charge >= 0.3 is 0 Å². The Morgan fingerprint density at radius 3 is 2.59 bits per heavy atom. The third-order valence-corrected chi connectivity index (χ3v) is 2.69. The topological polar surface area (TPSA) is 49.5 Å². The van der Waals surface area contributed by atoms with Crippen LogP contribution in [0, 0.1) is 5.82 Å². The lowest BCUT2D eigenvalue weighted by Crippen LogP contribution is -2.32. The molecule has 0 atom stereocenters. The van der Waals surface area contributed by atoms with Gasteiger partial charge in [-0.25, -0.2) is 4.39 Å². The number of halogens is 1. The SMILES string of the molecule is CC(C)N(CCCO)c1cc(F)cc(CN)c1. The standard InChI is InChI=1S/C13H21FN2O/c1-10(2)16(4-3-5-17)13-7-11(9-15)6-12(14)8-13/h6-8,10,17H,3-5,9,15H2,1-2H3. The number of hydrogen-bond acceptors (Lipinski definition) is 3. The maximum Gasteiger partial charge on any atom is 0.125 e. The molecule has 4 heteroatoms. The van der Waals surface area contributed by atoms with E-state index in [4.69, 9.17) is 10.8 Å². The summed E-state index contributed by atoms with van der Waals surface area (Å²) < 4.78 is 13.4. The van der Waals surface area contributed by atoms with E-state index in [1.807, 2.05) is 19.9 Å². The second-order valence-corrected chi connectivity index (χ2v) is 4.39. The van der Waals surface area contributed by atoms with E-state index in [0.29, 0.717) is 19.5 Å². The average molecular weight is 240 g/mol. The highest BCUT2D eigenvalue weighted by Gasteiger charge is 2.11. The van der Waals surface area contributed by atoms with Gasteiger partial charge in [-0.05, 0) is 44.0 Å². The van der Waals surface area contributed by atoms with Crippen LogP contribution in [0.25, 0.3) is 0 Å². The largest absolute Gasteiger partial charge is 0.396 e. The molecule has 1 aromatic carbocycles. The molecule has 17 heavy (non-hydrogen) atoms. The van der Waals surface area contributed by atoms with Crippen molar-refractivity contribution >= 4 is 5.69 Å². The molecule has 0 saturated carbocycles. The number of aliphatic hydroxyl groups excluding tert-OH is 1. The van der Waals surface area contributed by atoms with Crippen LogP contribution in [0.15, 0.2) is 18.2 Å². The molecule has 3 nitrogen and oxygen atoms in total. The van der Waals surface area contributed by atoms with Crippen LogP contribution in [-0.4, -0.2) is 24.3 Å². The van der Waals surface area contributed by atoms with Crippen LogP contribution < -0.4 is 10.6 Å². The van der Waals surface area contributed by atoms with Crippen molar-refractivity contribution in [1.29, 1.82) is 0 Å². The Bertz CT molecular complexity index is 355. The summed E-state index contributed by atoms with van der Waals surface area (Å²) >= 11 is 0. The van der Waals surface area contributed by atoms with E-state index in [2.05, 4.69) is 4.90 Å². The smallest absolute Gasteiger partial charge is 0.125 e. The molecular formula is C13H21FN2O. The average Bonchev–Trinajstić information content (AvgIpc) is 2.28. The van der Waals surface area contributed by atoms with Gasteiger partial charge < -0.3 is 15.7 Å². The molecule has 0 aliphatic carbocycles. The normalized spacial score (nSPS) is 10.9. The van der Waals surface area contributed by atoms with E-state index in [9.17, 15) is 4.39 Å². The lowest BCUT2D eigenvalue weighted by Gasteiger charge is -2.29. The number of nitrogens with zero attached hydrogens (tertiary/aromatic N) is 1. The van der Waals surface area contributed by atoms with Crippen LogP contribution in [0.4, 0.5) is 10.1 Å². The van der Waals surface area contributed by atoms with Gasteiger partial charge in [0.05, 0.1) is 0 Å². The van der Waals surface area contributed by atoms with Crippen molar-refractivity contribution in [3.8, 4) is 0 Å². The summed E-state index contributed by atoms with van der Waals surface area (Å²) in [4.78, 5) is 2.07. The first-order valence-corrected chi connectivity index (χ1v) is 5.95.